The molecular weight excluding hydrogens is 260 g/mol. The van der Waals surface area contributed by atoms with E-state index in [0.29, 0.717) is 11.7 Å². The number of nitrogens with one attached hydrogen (secondary N) is 2. The summed E-state index contributed by atoms with van der Waals surface area (Å²) in [5.74, 6) is 0. The van der Waals surface area contributed by atoms with Gasteiger partial charge in [-0.2, -0.15) is 0 Å². The van der Waals surface area contributed by atoms with Gasteiger partial charge in [0, 0.05) is 11.7 Å². The Labute approximate surface area is 116 Å². The Morgan fingerprint density at radius 1 is 1.21 bits per heavy atom. The third kappa shape index (κ3) is 6.47. The summed E-state index contributed by atoms with van der Waals surface area (Å²) in [4.78, 5) is 0. The van der Waals surface area contributed by atoms with Gasteiger partial charge in [0.05, 0.1) is 11.9 Å². The van der Waals surface area contributed by atoms with Crippen molar-refractivity contribution < 1.29 is 8.42 Å². The third-order valence-corrected chi connectivity index (χ3v) is 3.54. The monoisotopic (exact) mass is 284 g/mol. The second-order valence-electron chi connectivity index (χ2n) is 4.85. The molecule has 5 heteroatoms. The number of rotatable bonds is 8. The Balaban J connectivity index is 2.70. The minimum atomic E-state index is -3.22. The molecule has 4 nitrogen and oxygen atoms in total. The van der Waals surface area contributed by atoms with Gasteiger partial charge in [0.15, 0.2) is 0 Å². The molecule has 1 unspecified atom stereocenters. The number of hydrogen-bond acceptors (Lipinski definition) is 3. The maximum absolute atomic E-state index is 11.2. The molecule has 1 rings (SSSR count). The average Bonchev–Trinajstić information content (AvgIpc) is 2.32. The first-order valence-corrected chi connectivity index (χ1v) is 8.68. The number of benzene rings is 1. The van der Waals surface area contributed by atoms with E-state index in [1.54, 1.807) is 6.07 Å². The Morgan fingerprint density at radius 2 is 1.89 bits per heavy atom. The molecule has 0 saturated heterocycles. The van der Waals surface area contributed by atoms with E-state index in [2.05, 4.69) is 23.9 Å². The zero-order valence-electron chi connectivity index (χ0n) is 11.9. The first-order chi connectivity index (χ1) is 8.94. The van der Waals surface area contributed by atoms with Crippen LogP contribution in [0.1, 0.15) is 39.5 Å². The highest BCUT2D eigenvalue weighted by Gasteiger charge is 2.07. The van der Waals surface area contributed by atoms with Gasteiger partial charge >= 0.3 is 0 Å². The second-order valence-corrected chi connectivity index (χ2v) is 6.60. The molecule has 0 bridgehead atoms. The van der Waals surface area contributed by atoms with Crippen molar-refractivity contribution in [2.75, 3.05) is 16.3 Å². The Hall–Kier alpha value is -1.23. The predicted molar refractivity (Wildman–Crippen MR) is 82.1 cm³/mol. The van der Waals surface area contributed by atoms with E-state index in [1.165, 1.54) is 12.8 Å². The van der Waals surface area contributed by atoms with Gasteiger partial charge < -0.3 is 5.32 Å². The second kappa shape index (κ2) is 7.38. The fourth-order valence-electron chi connectivity index (χ4n) is 1.95. The molecule has 0 aliphatic rings. The van der Waals surface area contributed by atoms with E-state index in [-0.39, 0.29) is 0 Å². The van der Waals surface area contributed by atoms with Gasteiger partial charge in [-0.3, -0.25) is 4.72 Å². The number of sulfonamides is 1. The molecule has 0 amide bonds. The zero-order valence-corrected chi connectivity index (χ0v) is 12.8. The first kappa shape index (κ1) is 15.8. The summed E-state index contributed by atoms with van der Waals surface area (Å²) in [6, 6.07) is 7.83. The van der Waals surface area contributed by atoms with Crippen LogP contribution in [0.4, 0.5) is 11.4 Å². The molecule has 0 radical (unpaired) electrons. The van der Waals surface area contributed by atoms with Crippen molar-refractivity contribution in [1.29, 1.82) is 0 Å². The standard InChI is InChI=1S/C14H24N2O2S/c1-4-6-8-12(5-2)15-13-9-7-10-14(11-13)16-19(3,17)18/h7,9-12,15-16H,4-6,8H2,1-3H3. The average molecular weight is 284 g/mol. The highest BCUT2D eigenvalue weighted by molar-refractivity contribution is 7.92. The first-order valence-electron chi connectivity index (χ1n) is 6.79. The van der Waals surface area contributed by atoms with Gasteiger partial charge in [-0.15, -0.1) is 0 Å². The lowest BCUT2D eigenvalue weighted by Crippen LogP contribution is -2.18. The van der Waals surface area contributed by atoms with Crippen molar-refractivity contribution in [2.45, 2.75) is 45.6 Å². The fraction of sp³-hybridized carbons (Fsp3) is 0.571. The molecule has 0 fully saturated rings. The van der Waals surface area contributed by atoms with Crippen molar-refractivity contribution in [3.63, 3.8) is 0 Å². The van der Waals surface area contributed by atoms with Crippen molar-refractivity contribution in [3.8, 4) is 0 Å². The summed E-state index contributed by atoms with van der Waals surface area (Å²) >= 11 is 0. The summed E-state index contributed by atoms with van der Waals surface area (Å²) < 4.78 is 24.9. The molecule has 1 aromatic carbocycles. The van der Waals surface area contributed by atoms with Crippen LogP contribution in [0.15, 0.2) is 24.3 Å². The van der Waals surface area contributed by atoms with Crippen molar-refractivity contribution in [3.05, 3.63) is 24.3 Å². The Bertz CT molecular complexity index is 486. The van der Waals surface area contributed by atoms with Crippen molar-refractivity contribution in [1.82, 2.24) is 0 Å². The third-order valence-electron chi connectivity index (χ3n) is 2.94. The molecule has 0 aromatic heterocycles. The van der Waals surface area contributed by atoms with Crippen LogP contribution < -0.4 is 10.0 Å². The van der Waals surface area contributed by atoms with Gasteiger partial charge in [-0.25, -0.2) is 8.42 Å². The minimum Gasteiger partial charge on any atom is -0.382 e. The lowest BCUT2D eigenvalue weighted by Gasteiger charge is -2.18. The predicted octanol–water partition coefficient (Wildman–Crippen LogP) is 3.44. The maximum Gasteiger partial charge on any atom is 0.229 e. The number of unbranched alkanes of at least 4 members (excludes halogenated alkanes) is 1. The van der Waals surface area contributed by atoms with E-state index < -0.39 is 10.0 Å². The van der Waals surface area contributed by atoms with Crippen LogP contribution in [-0.4, -0.2) is 20.7 Å². The maximum atomic E-state index is 11.2. The molecular formula is C14H24N2O2S. The largest absolute Gasteiger partial charge is 0.382 e. The van der Waals surface area contributed by atoms with Crippen LogP contribution in [0.2, 0.25) is 0 Å². The van der Waals surface area contributed by atoms with Gasteiger partial charge in [-0.1, -0.05) is 32.8 Å². The summed E-state index contributed by atoms with van der Waals surface area (Å²) in [6.07, 6.45) is 5.74. The Kier molecular flexibility index (Phi) is 6.15. The van der Waals surface area contributed by atoms with E-state index >= 15 is 0 Å². The van der Waals surface area contributed by atoms with Crippen LogP contribution in [-0.2, 0) is 10.0 Å². The quantitative estimate of drug-likeness (QED) is 0.769. The summed E-state index contributed by atoms with van der Waals surface area (Å²) in [5, 5.41) is 3.45. The molecule has 1 aromatic rings. The van der Waals surface area contributed by atoms with E-state index in [0.717, 1.165) is 24.8 Å². The number of hydrogen-bond donors (Lipinski definition) is 2. The van der Waals surface area contributed by atoms with Gasteiger partial charge in [0.25, 0.3) is 0 Å². The highest BCUT2D eigenvalue weighted by atomic mass is 32.2. The lowest BCUT2D eigenvalue weighted by atomic mass is 10.1. The molecule has 0 aliphatic carbocycles. The fourth-order valence-corrected chi connectivity index (χ4v) is 2.51. The van der Waals surface area contributed by atoms with Gasteiger partial charge in [-0.05, 0) is 31.0 Å². The summed E-state index contributed by atoms with van der Waals surface area (Å²) in [5.41, 5.74) is 1.55. The summed E-state index contributed by atoms with van der Waals surface area (Å²) in [7, 11) is -3.22. The zero-order chi connectivity index (χ0) is 14.3. The lowest BCUT2D eigenvalue weighted by molar-refractivity contribution is 0.593. The topological polar surface area (TPSA) is 58.2 Å². The molecule has 2 N–H and O–H groups in total. The van der Waals surface area contributed by atoms with Crippen molar-refractivity contribution in [2.24, 2.45) is 0 Å². The molecule has 0 spiro atoms. The van der Waals surface area contributed by atoms with Crippen LogP contribution in [0.25, 0.3) is 0 Å². The van der Waals surface area contributed by atoms with Crippen LogP contribution in [0.5, 0.6) is 0 Å². The summed E-state index contributed by atoms with van der Waals surface area (Å²) in [6.45, 7) is 4.34. The molecule has 0 aliphatic heterocycles. The smallest absolute Gasteiger partial charge is 0.229 e. The normalized spacial score (nSPS) is 13.0. The molecule has 0 saturated carbocycles. The van der Waals surface area contributed by atoms with Crippen LogP contribution >= 0.6 is 0 Å². The minimum absolute atomic E-state index is 0.438. The molecule has 0 heterocycles. The van der Waals surface area contributed by atoms with E-state index in [1.807, 2.05) is 18.2 Å². The highest BCUT2D eigenvalue weighted by Crippen LogP contribution is 2.19. The molecule has 19 heavy (non-hydrogen) atoms. The van der Waals surface area contributed by atoms with Crippen LogP contribution in [0, 0.1) is 0 Å². The molecule has 1 atom stereocenters. The Morgan fingerprint density at radius 3 is 2.47 bits per heavy atom. The van der Waals surface area contributed by atoms with Gasteiger partial charge in [0.1, 0.15) is 0 Å². The van der Waals surface area contributed by atoms with Crippen molar-refractivity contribution >= 4 is 21.4 Å². The van der Waals surface area contributed by atoms with Crippen LogP contribution in [0.3, 0.4) is 0 Å². The SMILES string of the molecule is CCCCC(CC)Nc1cccc(NS(C)(=O)=O)c1. The van der Waals surface area contributed by atoms with E-state index in [4.69, 9.17) is 0 Å². The number of anilines is 2. The van der Waals surface area contributed by atoms with E-state index in [9.17, 15) is 8.42 Å². The van der Waals surface area contributed by atoms with Gasteiger partial charge in [0.2, 0.25) is 10.0 Å². The molecule has 108 valence electrons.